The molecule has 2 aromatic rings. The van der Waals surface area contributed by atoms with E-state index in [-0.39, 0.29) is 17.4 Å². The second-order valence-electron chi connectivity index (χ2n) is 7.12. The number of hydrogen-bond donors (Lipinski definition) is 1. The van der Waals surface area contributed by atoms with Gasteiger partial charge in [0.15, 0.2) is 6.61 Å². The minimum Gasteiger partial charge on any atom is -0.482 e. The number of sulfonamides is 1. The summed E-state index contributed by atoms with van der Waals surface area (Å²) in [5.74, 6) is 0.220. The quantitative estimate of drug-likeness (QED) is 0.846. The number of amides is 1. The molecule has 2 aliphatic heterocycles. The zero-order valence-electron chi connectivity index (χ0n) is 15.7. The number of anilines is 1. The summed E-state index contributed by atoms with van der Waals surface area (Å²) in [5.41, 5.74) is 2.24. The lowest BCUT2D eigenvalue weighted by atomic mass is 10.2. The largest absolute Gasteiger partial charge is 0.482 e. The Bertz CT molecular complexity index is 984. The zero-order chi connectivity index (χ0) is 19.7. The molecule has 1 fully saturated rings. The van der Waals surface area contributed by atoms with Crippen LogP contribution in [0, 0.1) is 6.92 Å². The van der Waals surface area contributed by atoms with Crippen molar-refractivity contribution in [1.82, 2.24) is 9.21 Å². The Labute approximate surface area is 165 Å². The second-order valence-corrected chi connectivity index (χ2v) is 9.02. The molecule has 0 aromatic heterocycles. The van der Waals surface area contributed by atoms with E-state index in [1.807, 2.05) is 18.2 Å². The number of nitrogens with one attached hydrogen (secondary N) is 1. The normalized spacial score (nSPS) is 18.2. The van der Waals surface area contributed by atoms with Crippen molar-refractivity contribution in [3.8, 4) is 5.75 Å². The number of carbonyl (C=O) groups excluding carboxylic acids is 1. The molecular formula is C20H23N3O4S. The van der Waals surface area contributed by atoms with Crippen molar-refractivity contribution in [1.29, 1.82) is 0 Å². The van der Waals surface area contributed by atoms with E-state index in [0.29, 0.717) is 43.2 Å². The third-order valence-electron chi connectivity index (χ3n) is 5.11. The molecule has 28 heavy (non-hydrogen) atoms. The summed E-state index contributed by atoms with van der Waals surface area (Å²) in [7, 11) is -3.64. The molecule has 2 heterocycles. The van der Waals surface area contributed by atoms with Gasteiger partial charge in [-0.05, 0) is 30.2 Å². The van der Waals surface area contributed by atoms with Crippen LogP contribution in [0.3, 0.4) is 0 Å². The maximum Gasteiger partial charge on any atom is 0.262 e. The van der Waals surface area contributed by atoms with Crippen LogP contribution in [0.2, 0.25) is 0 Å². The highest BCUT2D eigenvalue weighted by Crippen LogP contribution is 2.34. The summed E-state index contributed by atoms with van der Waals surface area (Å²) >= 11 is 0. The number of carbonyl (C=O) groups is 1. The molecule has 8 heteroatoms. The number of benzene rings is 2. The summed E-state index contributed by atoms with van der Waals surface area (Å²) in [6.45, 7) is 4.75. The number of piperazine rings is 1. The fourth-order valence-corrected chi connectivity index (χ4v) is 5.25. The third kappa shape index (κ3) is 3.76. The first-order valence-corrected chi connectivity index (χ1v) is 10.7. The van der Waals surface area contributed by atoms with Crippen LogP contribution in [-0.4, -0.2) is 56.3 Å². The molecule has 7 nitrogen and oxygen atoms in total. The Morgan fingerprint density at radius 1 is 1.07 bits per heavy atom. The van der Waals surface area contributed by atoms with Gasteiger partial charge in [-0.25, -0.2) is 8.42 Å². The molecule has 0 aliphatic carbocycles. The lowest BCUT2D eigenvalue weighted by Gasteiger charge is -2.34. The number of fused-ring (bicyclic) bond motifs is 1. The van der Waals surface area contributed by atoms with Crippen molar-refractivity contribution in [3.05, 3.63) is 53.6 Å². The number of rotatable bonds is 4. The van der Waals surface area contributed by atoms with Gasteiger partial charge >= 0.3 is 0 Å². The Kier molecular flexibility index (Phi) is 5.09. The Morgan fingerprint density at radius 2 is 1.79 bits per heavy atom. The van der Waals surface area contributed by atoms with Crippen molar-refractivity contribution >= 4 is 21.6 Å². The van der Waals surface area contributed by atoms with Gasteiger partial charge in [-0.3, -0.25) is 9.69 Å². The van der Waals surface area contributed by atoms with Crippen LogP contribution >= 0.6 is 0 Å². The number of aryl methyl sites for hydroxylation is 1. The van der Waals surface area contributed by atoms with E-state index in [1.54, 1.807) is 13.0 Å². The summed E-state index contributed by atoms with van der Waals surface area (Å²) in [6, 6.07) is 13.4. The summed E-state index contributed by atoms with van der Waals surface area (Å²) in [5, 5.41) is 2.68. The topological polar surface area (TPSA) is 79.0 Å². The Hall–Kier alpha value is -2.42. The molecule has 0 saturated carbocycles. The first kappa shape index (κ1) is 18.9. The SMILES string of the molecule is Cc1cc2c(cc1S(=O)(=O)N1CCN(Cc3ccccc3)CC1)NC(=O)CO2. The molecule has 0 unspecified atom stereocenters. The molecule has 2 aromatic carbocycles. The van der Waals surface area contributed by atoms with Crippen LogP contribution in [0.4, 0.5) is 5.69 Å². The van der Waals surface area contributed by atoms with E-state index in [0.717, 1.165) is 6.54 Å². The van der Waals surface area contributed by atoms with Crippen molar-refractivity contribution in [2.45, 2.75) is 18.4 Å². The first-order chi connectivity index (χ1) is 13.4. The zero-order valence-corrected chi connectivity index (χ0v) is 16.5. The van der Waals surface area contributed by atoms with Gasteiger partial charge in [-0.15, -0.1) is 0 Å². The molecule has 0 radical (unpaired) electrons. The van der Waals surface area contributed by atoms with Gasteiger partial charge in [-0.2, -0.15) is 4.31 Å². The van der Waals surface area contributed by atoms with Gasteiger partial charge < -0.3 is 10.1 Å². The second kappa shape index (κ2) is 7.54. The Balaban J connectivity index is 1.49. The predicted octanol–water partition coefficient (Wildman–Crippen LogP) is 1.83. The molecule has 0 spiro atoms. The molecule has 2 aliphatic rings. The van der Waals surface area contributed by atoms with Gasteiger partial charge in [0.25, 0.3) is 5.91 Å². The number of ether oxygens (including phenoxy) is 1. The van der Waals surface area contributed by atoms with Crippen molar-refractivity contribution in [2.75, 3.05) is 38.1 Å². The van der Waals surface area contributed by atoms with Crippen LogP contribution in [0.1, 0.15) is 11.1 Å². The van der Waals surface area contributed by atoms with E-state index in [1.165, 1.54) is 15.9 Å². The molecule has 1 saturated heterocycles. The van der Waals surface area contributed by atoms with E-state index >= 15 is 0 Å². The maximum absolute atomic E-state index is 13.2. The van der Waals surface area contributed by atoms with Crippen LogP contribution < -0.4 is 10.1 Å². The maximum atomic E-state index is 13.2. The van der Waals surface area contributed by atoms with E-state index < -0.39 is 10.0 Å². The molecule has 0 atom stereocenters. The standard InChI is InChI=1S/C20H23N3O4S/c1-15-11-18-17(21-20(24)14-27-18)12-19(15)28(25,26)23-9-7-22(8-10-23)13-16-5-3-2-4-6-16/h2-6,11-12H,7-10,13-14H2,1H3,(H,21,24). The van der Waals surface area contributed by atoms with Gasteiger partial charge in [0, 0.05) is 32.7 Å². The molecule has 4 rings (SSSR count). The fraction of sp³-hybridized carbons (Fsp3) is 0.350. The highest BCUT2D eigenvalue weighted by molar-refractivity contribution is 7.89. The van der Waals surface area contributed by atoms with Gasteiger partial charge in [0.05, 0.1) is 10.6 Å². The Morgan fingerprint density at radius 3 is 2.50 bits per heavy atom. The first-order valence-electron chi connectivity index (χ1n) is 9.27. The lowest BCUT2D eigenvalue weighted by Crippen LogP contribution is -2.48. The van der Waals surface area contributed by atoms with Crippen molar-refractivity contribution in [3.63, 3.8) is 0 Å². The van der Waals surface area contributed by atoms with Crippen LogP contribution in [0.5, 0.6) is 5.75 Å². The van der Waals surface area contributed by atoms with E-state index in [9.17, 15) is 13.2 Å². The van der Waals surface area contributed by atoms with E-state index in [2.05, 4.69) is 22.3 Å². The lowest BCUT2D eigenvalue weighted by molar-refractivity contribution is -0.118. The molecule has 0 bridgehead atoms. The minimum absolute atomic E-state index is 0.0537. The minimum atomic E-state index is -3.64. The number of nitrogens with zero attached hydrogens (tertiary/aromatic N) is 2. The van der Waals surface area contributed by atoms with Gasteiger partial charge in [0.2, 0.25) is 10.0 Å². The van der Waals surface area contributed by atoms with Crippen molar-refractivity contribution in [2.24, 2.45) is 0 Å². The summed E-state index contributed by atoms with van der Waals surface area (Å²) in [6.07, 6.45) is 0. The molecule has 148 valence electrons. The summed E-state index contributed by atoms with van der Waals surface area (Å²) in [4.78, 5) is 14.0. The molecular weight excluding hydrogens is 378 g/mol. The average Bonchev–Trinajstić information content (AvgIpc) is 2.69. The molecule has 1 N–H and O–H groups in total. The van der Waals surface area contributed by atoms with Crippen molar-refractivity contribution < 1.29 is 17.9 Å². The molecule has 1 amide bonds. The third-order valence-corrected chi connectivity index (χ3v) is 7.15. The highest BCUT2D eigenvalue weighted by atomic mass is 32.2. The van der Waals surface area contributed by atoms with E-state index in [4.69, 9.17) is 4.74 Å². The fourth-order valence-electron chi connectivity index (χ4n) is 3.59. The van der Waals surface area contributed by atoms with Crippen LogP contribution in [-0.2, 0) is 21.4 Å². The van der Waals surface area contributed by atoms with Gasteiger partial charge in [0.1, 0.15) is 5.75 Å². The summed E-state index contributed by atoms with van der Waals surface area (Å²) < 4.78 is 33.3. The highest BCUT2D eigenvalue weighted by Gasteiger charge is 2.31. The predicted molar refractivity (Wildman–Crippen MR) is 106 cm³/mol. The van der Waals surface area contributed by atoms with Crippen LogP contribution in [0.15, 0.2) is 47.4 Å². The van der Waals surface area contributed by atoms with Crippen LogP contribution in [0.25, 0.3) is 0 Å². The van der Waals surface area contributed by atoms with Gasteiger partial charge in [-0.1, -0.05) is 30.3 Å². The smallest absolute Gasteiger partial charge is 0.262 e. The number of hydrogen-bond acceptors (Lipinski definition) is 5. The monoisotopic (exact) mass is 401 g/mol. The average molecular weight is 401 g/mol.